The van der Waals surface area contributed by atoms with E-state index in [4.69, 9.17) is 5.73 Å². The molecule has 1 heterocycles. The molecule has 1 aromatic heterocycles. The van der Waals surface area contributed by atoms with Gasteiger partial charge in [0.15, 0.2) is 0 Å². The molecule has 8 heteroatoms. The molecule has 0 atom stereocenters. The maximum absolute atomic E-state index is 12.4. The van der Waals surface area contributed by atoms with E-state index in [2.05, 4.69) is 4.72 Å². The summed E-state index contributed by atoms with van der Waals surface area (Å²) in [6, 6.07) is 16.0. The zero-order valence-corrected chi connectivity index (χ0v) is 17.5. The van der Waals surface area contributed by atoms with E-state index < -0.39 is 21.2 Å². The number of nitriles is 1. The molecular weight excluding hydrogens is 406 g/mol. The van der Waals surface area contributed by atoms with Crippen molar-refractivity contribution in [3.63, 3.8) is 0 Å². The fraction of sp³-hybridized carbons (Fsp3) is 0.143. The molecule has 0 aliphatic rings. The number of benzene rings is 2. The molecule has 6 nitrogen and oxygen atoms in total. The third kappa shape index (κ3) is 4.31. The summed E-state index contributed by atoms with van der Waals surface area (Å²) in [5, 5.41) is 10.4. The van der Waals surface area contributed by atoms with Crippen molar-refractivity contribution in [2.24, 2.45) is 5.73 Å². The minimum absolute atomic E-state index is 0.347. The Morgan fingerprint density at radius 2 is 1.76 bits per heavy atom. The third-order valence-corrected chi connectivity index (χ3v) is 7.12. The van der Waals surface area contributed by atoms with Crippen LogP contribution in [-0.4, -0.2) is 19.6 Å². The van der Waals surface area contributed by atoms with Gasteiger partial charge in [-0.05, 0) is 48.6 Å². The standard InChI is InChI=1S/C21H19N3O3S2/c1-13(2)29(26,27)24-19-11-14(12-22)3-8-17(19)15-4-6-16(7-5-15)20-18(21(23)25)9-10-28-20/h3-11,13,24H,1-2H3,(H2,23,25). The van der Waals surface area contributed by atoms with E-state index in [0.29, 0.717) is 22.4 Å². The summed E-state index contributed by atoms with van der Waals surface area (Å²) in [6.07, 6.45) is 0. The van der Waals surface area contributed by atoms with Crippen LogP contribution in [0.1, 0.15) is 29.8 Å². The van der Waals surface area contributed by atoms with Crippen LogP contribution >= 0.6 is 11.3 Å². The molecule has 0 aliphatic carbocycles. The number of rotatable bonds is 6. The lowest BCUT2D eigenvalue weighted by atomic mass is 9.99. The van der Waals surface area contributed by atoms with Crippen LogP contribution in [0.3, 0.4) is 0 Å². The monoisotopic (exact) mass is 425 g/mol. The largest absolute Gasteiger partial charge is 0.366 e. The molecule has 0 bridgehead atoms. The smallest absolute Gasteiger partial charge is 0.250 e. The van der Waals surface area contributed by atoms with Crippen LogP contribution in [0, 0.1) is 11.3 Å². The van der Waals surface area contributed by atoms with E-state index in [9.17, 15) is 18.5 Å². The van der Waals surface area contributed by atoms with Crippen LogP contribution in [-0.2, 0) is 10.0 Å². The van der Waals surface area contributed by atoms with Gasteiger partial charge >= 0.3 is 0 Å². The molecule has 0 unspecified atom stereocenters. The number of anilines is 1. The normalized spacial score (nSPS) is 11.2. The van der Waals surface area contributed by atoms with Crippen molar-refractivity contribution < 1.29 is 13.2 Å². The minimum Gasteiger partial charge on any atom is -0.366 e. The summed E-state index contributed by atoms with van der Waals surface area (Å²) < 4.78 is 27.3. The Morgan fingerprint density at radius 1 is 1.10 bits per heavy atom. The Hall–Kier alpha value is -3.15. The number of carbonyl (C=O) groups excluding carboxylic acids is 1. The lowest BCUT2D eigenvalue weighted by Gasteiger charge is -2.15. The maximum atomic E-state index is 12.4. The second-order valence-electron chi connectivity index (χ2n) is 6.67. The number of nitrogens with one attached hydrogen (secondary N) is 1. The van der Waals surface area contributed by atoms with Gasteiger partial charge in [0.25, 0.3) is 0 Å². The summed E-state index contributed by atoms with van der Waals surface area (Å²) in [7, 11) is -3.57. The van der Waals surface area contributed by atoms with E-state index in [1.54, 1.807) is 32.0 Å². The number of thiophene rings is 1. The highest BCUT2D eigenvalue weighted by Crippen LogP contribution is 2.34. The molecule has 148 valence electrons. The first-order valence-electron chi connectivity index (χ1n) is 8.77. The van der Waals surface area contributed by atoms with Crippen LogP contribution in [0.2, 0.25) is 0 Å². The first-order valence-corrected chi connectivity index (χ1v) is 11.2. The lowest BCUT2D eigenvalue weighted by Crippen LogP contribution is -2.22. The topological polar surface area (TPSA) is 113 Å². The van der Waals surface area contributed by atoms with Crippen molar-refractivity contribution in [3.05, 3.63) is 65.0 Å². The highest BCUT2D eigenvalue weighted by molar-refractivity contribution is 7.93. The van der Waals surface area contributed by atoms with Gasteiger partial charge in [-0.3, -0.25) is 9.52 Å². The predicted molar refractivity (Wildman–Crippen MR) is 116 cm³/mol. The predicted octanol–water partition coefficient (Wildman–Crippen LogP) is 4.20. The molecule has 3 rings (SSSR count). The van der Waals surface area contributed by atoms with Crippen molar-refractivity contribution in [2.45, 2.75) is 19.1 Å². The molecule has 0 radical (unpaired) electrons. The Morgan fingerprint density at radius 3 is 2.34 bits per heavy atom. The average Bonchev–Trinajstić information content (AvgIpc) is 3.18. The average molecular weight is 426 g/mol. The van der Waals surface area contributed by atoms with Crippen LogP contribution in [0.4, 0.5) is 5.69 Å². The third-order valence-electron chi connectivity index (χ3n) is 4.41. The van der Waals surface area contributed by atoms with E-state index in [-0.39, 0.29) is 0 Å². The second kappa shape index (κ2) is 8.07. The number of carbonyl (C=O) groups is 1. The number of nitrogens with two attached hydrogens (primary N) is 1. The van der Waals surface area contributed by atoms with Crippen molar-refractivity contribution in [1.29, 1.82) is 5.26 Å². The zero-order valence-electron chi connectivity index (χ0n) is 15.8. The van der Waals surface area contributed by atoms with Gasteiger partial charge in [-0.25, -0.2) is 8.42 Å². The first-order chi connectivity index (χ1) is 13.7. The Kier molecular flexibility index (Phi) is 5.73. The number of hydrogen-bond donors (Lipinski definition) is 2. The molecule has 0 saturated heterocycles. The van der Waals surface area contributed by atoms with Crippen molar-refractivity contribution in [1.82, 2.24) is 0 Å². The molecule has 2 aromatic carbocycles. The molecule has 0 spiro atoms. The van der Waals surface area contributed by atoms with Crippen molar-refractivity contribution in [3.8, 4) is 27.6 Å². The molecule has 3 N–H and O–H groups in total. The van der Waals surface area contributed by atoms with E-state index in [1.807, 2.05) is 35.7 Å². The molecule has 0 fully saturated rings. The highest BCUT2D eigenvalue weighted by Gasteiger charge is 2.19. The van der Waals surface area contributed by atoms with Gasteiger partial charge in [-0.1, -0.05) is 30.3 Å². The maximum Gasteiger partial charge on any atom is 0.250 e. The zero-order chi connectivity index (χ0) is 21.2. The van der Waals surface area contributed by atoms with Crippen LogP contribution < -0.4 is 10.5 Å². The van der Waals surface area contributed by atoms with Gasteiger partial charge in [-0.15, -0.1) is 11.3 Å². The summed E-state index contributed by atoms with van der Waals surface area (Å²) in [4.78, 5) is 12.4. The van der Waals surface area contributed by atoms with Gasteiger partial charge in [0, 0.05) is 10.4 Å². The molecule has 3 aromatic rings. The summed E-state index contributed by atoms with van der Waals surface area (Å²) in [6.45, 7) is 3.17. The van der Waals surface area contributed by atoms with Crippen LogP contribution in [0.5, 0.6) is 0 Å². The summed E-state index contributed by atoms with van der Waals surface area (Å²) in [5.74, 6) is -0.484. The summed E-state index contributed by atoms with van der Waals surface area (Å²) in [5.41, 5.74) is 8.86. The molecular formula is C21H19N3O3S2. The SMILES string of the molecule is CC(C)S(=O)(=O)Nc1cc(C#N)ccc1-c1ccc(-c2sccc2C(N)=O)cc1. The van der Waals surface area contributed by atoms with Gasteiger partial charge in [0.1, 0.15) is 0 Å². The number of primary amides is 1. The first kappa shape index (κ1) is 20.6. The Labute approximate surface area is 173 Å². The van der Waals surface area contributed by atoms with Gasteiger partial charge < -0.3 is 5.73 Å². The number of sulfonamides is 1. The quantitative estimate of drug-likeness (QED) is 0.616. The Bertz CT molecular complexity index is 1200. The van der Waals surface area contributed by atoms with Crippen molar-refractivity contribution in [2.75, 3.05) is 4.72 Å². The summed E-state index contributed by atoms with van der Waals surface area (Å²) >= 11 is 1.42. The van der Waals surface area contributed by atoms with Crippen LogP contribution in [0.15, 0.2) is 53.9 Å². The lowest BCUT2D eigenvalue weighted by molar-refractivity contribution is 0.100. The van der Waals surface area contributed by atoms with E-state index >= 15 is 0 Å². The Balaban J connectivity index is 2.04. The second-order valence-corrected chi connectivity index (χ2v) is 9.83. The van der Waals surface area contributed by atoms with Crippen LogP contribution in [0.25, 0.3) is 21.6 Å². The number of hydrogen-bond acceptors (Lipinski definition) is 5. The van der Waals surface area contributed by atoms with Gasteiger partial charge in [-0.2, -0.15) is 5.26 Å². The minimum atomic E-state index is -3.57. The fourth-order valence-electron chi connectivity index (χ4n) is 2.75. The number of amides is 1. The van der Waals surface area contributed by atoms with Gasteiger partial charge in [0.2, 0.25) is 15.9 Å². The molecule has 1 amide bonds. The molecule has 29 heavy (non-hydrogen) atoms. The molecule has 0 aliphatic heterocycles. The van der Waals surface area contributed by atoms with E-state index in [0.717, 1.165) is 16.0 Å². The molecule has 0 saturated carbocycles. The highest BCUT2D eigenvalue weighted by atomic mass is 32.2. The van der Waals surface area contributed by atoms with Gasteiger partial charge in [0.05, 0.1) is 28.1 Å². The fourth-order valence-corrected chi connectivity index (χ4v) is 4.37. The number of nitrogens with zero attached hydrogens (tertiary/aromatic N) is 1. The van der Waals surface area contributed by atoms with E-state index in [1.165, 1.54) is 17.4 Å². The van der Waals surface area contributed by atoms with Crippen molar-refractivity contribution >= 4 is 33.0 Å².